The average molecular weight is 348 g/mol. The van der Waals surface area contributed by atoms with E-state index in [9.17, 15) is 9.59 Å². The standard InChI is InChI=1S/C19H29N3O3/c1-21(19(24)15-22-11-6-4-3-5-7-12-22)14-18(23)20-16-9-8-10-17(13-16)25-2/h8-10,13H,3-7,11-12,14-15H2,1-2H3,(H,20,23)/p+1. The minimum Gasteiger partial charge on any atom is -0.497 e. The van der Waals surface area contributed by atoms with E-state index >= 15 is 0 Å². The number of ether oxygens (including phenoxy) is 1. The van der Waals surface area contributed by atoms with Crippen LogP contribution in [0.3, 0.4) is 0 Å². The Kier molecular flexibility index (Phi) is 7.73. The van der Waals surface area contributed by atoms with Crippen molar-refractivity contribution in [3.8, 4) is 5.75 Å². The van der Waals surface area contributed by atoms with E-state index < -0.39 is 0 Å². The summed E-state index contributed by atoms with van der Waals surface area (Å²) in [5.41, 5.74) is 0.666. The largest absolute Gasteiger partial charge is 0.497 e. The van der Waals surface area contributed by atoms with E-state index in [-0.39, 0.29) is 18.4 Å². The summed E-state index contributed by atoms with van der Waals surface area (Å²) in [7, 11) is 3.28. The van der Waals surface area contributed by atoms with E-state index in [0.717, 1.165) is 13.1 Å². The van der Waals surface area contributed by atoms with Gasteiger partial charge in [0.15, 0.2) is 6.54 Å². The second kappa shape index (κ2) is 10.0. The molecular formula is C19H30N3O3+. The highest BCUT2D eigenvalue weighted by Gasteiger charge is 2.20. The molecule has 0 bridgehead atoms. The van der Waals surface area contributed by atoms with Gasteiger partial charge in [0.2, 0.25) is 5.91 Å². The first-order valence-corrected chi connectivity index (χ1v) is 9.10. The number of methoxy groups -OCH3 is 1. The number of anilines is 1. The van der Waals surface area contributed by atoms with Gasteiger partial charge in [0, 0.05) is 18.8 Å². The third kappa shape index (κ3) is 6.74. The monoisotopic (exact) mass is 348 g/mol. The van der Waals surface area contributed by atoms with Crippen molar-refractivity contribution in [2.75, 3.05) is 45.7 Å². The first-order valence-electron chi connectivity index (χ1n) is 9.10. The lowest BCUT2D eigenvalue weighted by Crippen LogP contribution is -3.13. The maximum atomic E-state index is 12.4. The Balaban J connectivity index is 1.79. The highest BCUT2D eigenvalue weighted by atomic mass is 16.5. The zero-order valence-electron chi connectivity index (χ0n) is 15.3. The third-order valence-corrected chi connectivity index (χ3v) is 4.62. The van der Waals surface area contributed by atoms with Crippen molar-refractivity contribution in [2.24, 2.45) is 0 Å². The van der Waals surface area contributed by atoms with Crippen LogP contribution >= 0.6 is 0 Å². The molecule has 1 aromatic carbocycles. The van der Waals surface area contributed by atoms with Crippen molar-refractivity contribution in [1.82, 2.24) is 4.90 Å². The molecular weight excluding hydrogens is 318 g/mol. The Morgan fingerprint density at radius 3 is 2.52 bits per heavy atom. The number of nitrogens with zero attached hydrogens (tertiary/aromatic N) is 1. The minimum absolute atomic E-state index is 0.0244. The van der Waals surface area contributed by atoms with Gasteiger partial charge in [-0.05, 0) is 37.8 Å². The molecule has 0 aromatic heterocycles. The lowest BCUT2D eigenvalue weighted by molar-refractivity contribution is -0.893. The fourth-order valence-electron chi connectivity index (χ4n) is 3.14. The van der Waals surface area contributed by atoms with Gasteiger partial charge in [-0.25, -0.2) is 0 Å². The highest BCUT2D eigenvalue weighted by molar-refractivity contribution is 5.94. The Labute approximate surface area is 150 Å². The molecule has 6 heteroatoms. The van der Waals surface area contributed by atoms with Crippen molar-refractivity contribution in [1.29, 1.82) is 0 Å². The molecule has 25 heavy (non-hydrogen) atoms. The molecule has 1 saturated heterocycles. The van der Waals surface area contributed by atoms with E-state index in [2.05, 4.69) is 5.32 Å². The molecule has 0 spiro atoms. The molecule has 0 aliphatic carbocycles. The predicted octanol–water partition coefficient (Wildman–Crippen LogP) is 0.941. The molecule has 2 amide bonds. The molecule has 138 valence electrons. The van der Waals surface area contributed by atoms with Crippen LogP contribution < -0.4 is 15.0 Å². The molecule has 2 rings (SSSR count). The smallest absolute Gasteiger partial charge is 0.277 e. The first-order chi connectivity index (χ1) is 12.1. The number of hydrogen-bond donors (Lipinski definition) is 2. The molecule has 1 heterocycles. The van der Waals surface area contributed by atoms with Gasteiger partial charge in [0.05, 0.1) is 26.7 Å². The van der Waals surface area contributed by atoms with Gasteiger partial charge in [-0.15, -0.1) is 0 Å². The summed E-state index contributed by atoms with van der Waals surface area (Å²) < 4.78 is 5.14. The van der Waals surface area contributed by atoms with Gasteiger partial charge in [-0.1, -0.05) is 12.5 Å². The van der Waals surface area contributed by atoms with Crippen LogP contribution in [0.5, 0.6) is 5.75 Å². The molecule has 0 atom stereocenters. The van der Waals surface area contributed by atoms with Crippen LogP contribution in [-0.4, -0.2) is 57.1 Å². The van der Waals surface area contributed by atoms with Crippen molar-refractivity contribution < 1.29 is 19.2 Å². The van der Waals surface area contributed by atoms with Crippen LogP contribution in [-0.2, 0) is 9.59 Å². The summed E-state index contributed by atoms with van der Waals surface area (Å²) >= 11 is 0. The molecule has 2 N–H and O–H groups in total. The summed E-state index contributed by atoms with van der Waals surface area (Å²) in [5, 5.41) is 2.80. The summed E-state index contributed by atoms with van der Waals surface area (Å²) in [5.74, 6) is 0.506. The van der Waals surface area contributed by atoms with E-state index in [1.54, 1.807) is 26.3 Å². The number of likely N-dealkylation sites (tertiary alicyclic amines) is 1. The predicted molar refractivity (Wildman–Crippen MR) is 97.9 cm³/mol. The van der Waals surface area contributed by atoms with Gasteiger partial charge in [-0.2, -0.15) is 0 Å². The quantitative estimate of drug-likeness (QED) is 0.804. The highest BCUT2D eigenvalue weighted by Crippen LogP contribution is 2.16. The number of likely N-dealkylation sites (N-methyl/N-ethyl adjacent to an activating group) is 1. The molecule has 1 aliphatic heterocycles. The number of rotatable bonds is 6. The van der Waals surface area contributed by atoms with E-state index in [0.29, 0.717) is 18.0 Å². The number of hydrogen-bond acceptors (Lipinski definition) is 3. The van der Waals surface area contributed by atoms with Crippen LogP contribution in [0.1, 0.15) is 32.1 Å². The van der Waals surface area contributed by atoms with Crippen LogP contribution in [0.15, 0.2) is 24.3 Å². The van der Waals surface area contributed by atoms with Crippen LogP contribution in [0.25, 0.3) is 0 Å². The fourth-order valence-corrected chi connectivity index (χ4v) is 3.14. The maximum absolute atomic E-state index is 12.4. The second-order valence-electron chi connectivity index (χ2n) is 6.72. The van der Waals surface area contributed by atoms with E-state index in [1.165, 1.54) is 41.9 Å². The molecule has 0 saturated carbocycles. The fraction of sp³-hybridized carbons (Fsp3) is 0.579. The Morgan fingerprint density at radius 2 is 1.84 bits per heavy atom. The van der Waals surface area contributed by atoms with E-state index in [4.69, 9.17) is 4.74 Å². The zero-order valence-corrected chi connectivity index (χ0v) is 15.3. The lowest BCUT2D eigenvalue weighted by atomic mass is 10.1. The minimum atomic E-state index is -0.202. The average Bonchev–Trinajstić information content (AvgIpc) is 2.57. The number of amides is 2. The van der Waals surface area contributed by atoms with Crippen LogP contribution in [0.4, 0.5) is 5.69 Å². The second-order valence-corrected chi connectivity index (χ2v) is 6.72. The molecule has 6 nitrogen and oxygen atoms in total. The summed E-state index contributed by atoms with van der Waals surface area (Å²) in [6.07, 6.45) is 6.20. The van der Waals surface area contributed by atoms with Gasteiger partial charge in [0.1, 0.15) is 5.75 Å². The molecule has 1 aliphatic rings. The van der Waals surface area contributed by atoms with Crippen molar-refractivity contribution in [3.05, 3.63) is 24.3 Å². The molecule has 0 unspecified atom stereocenters. The Hall–Kier alpha value is -2.08. The third-order valence-electron chi connectivity index (χ3n) is 4.62. The SMILES string of the molecule is COc1cccc(NC(=O)CN(C)C(=O)C[NH+]2CCCCCCC2)c1. The zero-order chi connectivity index (χ0) is 18.1. The van der Waals surface area contributed by atoms with Gasteiger partial charge < -0.3 is 19.9 Å². The number of benzene rings is 1. The maximum Gasteiger partial charge on any atom is 0.277 e. The van der Waals surface area contributed by atoms with Crippen molar-refractivity contribution in [3.63, 3.8) is 0 Å². The van der Waals surface area contributed by atoms with Gasteiger partial charge in [0.25, 0.3) is 5.91 Å². The number of carbonyl (C=O) groups excluding carboxylic acids is 2. The molecule has 1 aromatic rings. The summed E-state index contributed by atoms with van der Waals surface area (Å²) in [4.78, 5) is 27.4. The summed E-state index contributed by atoms with van der Waals surface area (Å²) in [6.45, 7) is 2.64. The first kappa shape index (κ1) is 19.2. The number of quaternary nitrogens is 1. The number of carbonyl (C=O) groups is 2. The molecule has 1 fully saturated rings. The van der Waals surface area contributed by atoms with Gasteiger partial charge in [-0.3, -0.25) is 9.59 Å². The lowest BCUT2D eigenvalue weighted by Gasteiger charge is -2.24. The molecule has 0 radical (unpaired) electrons. The Morgan fingerprint density at radius 1 is 1.16 bits per heavy atom. The van der Waals surface area contributed by atoms with Crippen LogP contribution in [0, 0.1) is 0 Å². The van der Waals surface area contributed by atoms with Crippen molar-refractivity contribution in [2.45, 2.75) is 32.1 Å². The summed E-state index contributed by atoms with van der Waals surface area (Å²) in [6, 6.07) is 7.18. The van der Waals surface area contributed by atoms with Crippen molar-refractivity contribution >= 4 is 17.5 Å². The normalized spacial score (nSPS) is 15.8. The van der Waals surface area contributed by atoms with Gasteiger partial charge >= 0.3 is 0 Å². The van der Waals surface area contributed by atoms with Crippen LogP contribution in [0.2, 0.25) is 0 Å². The van der Waals surface area contributed by atoms with E-state index in [1.807, 2.05) is 12.1 Å². The Bertz CT molecular complexity index is 569. The number of nitrogens with one attached hydrogen (secondary N) is 2. The topological polar surface area (TPSA) is 63.1 Å².